The maximum absolute atomic E-state index is 12.3. The Labute approximate surface area is 104 Å². The summed E-state index contributed by atoms with van der Waals surface area (Å²) in [5, 5.41) is 12.5. The molecule has 4 nitrogen and oxygen atoms in total. The molecule has 0 radical (unpaired) electrons. The van der Waals surface area contributed by atoms with E-state index < -0.39 is 0 Å². The van der Waals surface area contributed by atoms with E-state index >= 15 is 0 Å². The van der Waals surface area contributed by atoms with Crippen LogP contribution in [0.25, 0.3) is 0 Å². The molecular formula is C13H26N2O2. The first-order valence-corrected chi connectivity index (χ1v) is 6.64. The zero-order valence-electron chi connectivity index (χ0n) is 11.4. The van der Waals surface area contributed by atoms with Crippen LogP contribution in [0, 0.1) is 5.92 Å². The molecule has 0 saturated carbocycles. The Morgan fingerprint density at radius 3 is 2.59 bits per heavy atom. The monoisotopic (exact) mass is 242 g/mol. The van der Waals surface area contributed by atoms with Gasteiger partial charge in [0.15, 0.2) is 0 Å². The average Bonchev–Trinajstić information content (AvgIpc) is 2.29. The Balaban J connectivity index is 2.64. The highest BCUT2D eigenvalue weighted by molar-refractivity contribution is 5.83. The van der Waals surface area contributed by atoms with Crippen molar-refractivity contribution in [3.63, 3.8) is 0 Å². The van der Waals surface area contributed by atoms with Crippen LogP contribution in [0.3, 0.4) is 0 Å². The number of amides is 1. The molecule has 0 spiro atoms. The van der Waals surface area contributed by atoms with Crippen LogP contribution in [-0.2, 0) is 4.79 Å². The standard InChI is InChI=1S/C13H26N2O2/c1-9(2)14-12-6-5-7-15(13(12)17)11(4)10(3)8-16/h9-12,14,16H,5-8H2,1-4H3. The van der Waals surface area contributed by atoms with Crippen molar-refractivity contribution in [3.05, 3.63) is 0 Å². The Hall–Kier alpha value is -0.610. The zero-order chi connectivity index (χ0) is 13.0. The number of likely N-dealkylation sites (tertiary alicyclic amines) is 1. The summed E-state index contributed by atoms with van der Waals surface area (Å²) in [6.07, 6.45) is 1.96. The van der Waals surface area contributed by atoms with Gasteiger partial charge in [0, 0.05) is 25.2 Å². The summed E-state index contributed by atoms with van der Waals surface area (Å²) in [7, 11) is 0. The predicted octanol–water partition coefficient (Wildman–Crippen LogP) is 0.992. The Morgan fingerprint density at radius 2 is 2.06 bits per heavy atom. The lowest BCUT2D eigenvalue weighted by atomic mass is 9.97. The highest BCUT2D eigenvalue weighted by Crippen LogP contribution is 2.19. The van der Waals surface area contributed by atoms with E-state index in [0.29, 0.717) is 6.04 Å². The van der Waals surface area contributed by atoms with Crippen molar-refractivity contribution in [1.82, 2.24) is 10.2 Å². The number of aliphatic hydroxyl groups excluding tert-OH is 1. The summed E-state index contributed by atoms with van der Waals surface area (Å²) < 4.78 is 0. The average molecular weight is 242 g/mol. The highest BCUT2D eigenvalue weighted by Gasteiger charge is 2.33. The lowest BCUT2D eigenvalue weighted by Gasteiger charge is -2.39. The number of piperidine rings is 1. The first kappa shape index (κ1) is 14.5. The van der Waals surface area contributed by atoms with Gasteiger partial charge in [0.25, 0.3) is 0 Å². The fourth-order valence-electron chi connectivity index (χ4n) is 2.32. The molecule has 0 aromatic carbocycles. The van der Waals surface area contributed by atoms with E-state index in [4.69, 9.17) is 0 Å². The smallest absolute Gasteiger partial charge is 0.239 e. The van der Waals surface area contributed by atoms with E-state index in [1.54, 1.807) is 0 Å². The molecule has 0 bridgehead atoms. The second-order valence-corrected chi connectivity index (χ2v) is 5.45. The third kappa shape index (κ3) is 3.68. The van der Waals surface area contributed by atoms with Crippen molar-refractivity contribution in [2.45, 2.75) is 58.7 Å². The van der Waals surface area contributed by atoms with Crippen LogP contribution in [0.1, 0.15) is 40.5 Å². The molecule has 1 aliphatic heterocycles. The van der Waals surface area contributed by atoms with Crippen LogP contribution >= 0.6 is 0 Å². The van der Waals surface area contributed by atoms with Crippen LogP contribution in [0.15, 0.2) is 0 Å². The zero-order valence-corrected chi connectivity index (χ0v) is 11.4. The first-order valence-electron chi connectivity index (χ1n) is 6.64. The maximum atomic E-state index is 12.3. The number of nitrogens with zero attached hydrogens (tertiary/aromatic N) is 1. The number of carbonyl (C=O) groups is 1. The number of rotatable bonds is 5. The van der Waals surface area contributed by atoms with E-state index in [1.165, 1.54) is 0 Å². The van der Waals surface area contributed by atoms with E-state index in [2.05, 4.69) is 19.2 Å². The molecule has 1 rings (SSSR count). The fourth-order valence-corrected chi connectivity index (χ4v) is 2.32. The molecule has 1 fully saturated rings. The van der Waals surface area contributed by atoms with E-state index in [9.17, 15) is 9.90 Å². The molecule has 0 aromatic rings. The summed E-state index contributed by atoms with van der Waals surface area (Å²) in [6, 6.07) is 0.399. The lowest BCUT2D eigenvalue weighted by Crippen LogP contribution is -2.56. The van der Waals surface area contributed by atoms with Crippen molar-refractivity contribution in [3.8, 4) is 0 Å². The fraction of sp³-hybridized carbons (Fsp3) is 0.923. The van der Waals surface area contributed by atoms with Gasteiger partial charge in [0.2, 0.25) is 5.91 Å². The SMILES string of the molecule is CC(C)NC1CCCN(C(C)C(C)CO)C1=O. The minimum absolute atomic E-state index is 0.0444. The molecule has 0 aromatic heterocycles. The third-order valence-corrected chi connectivity index (χ3v) is 3.61. The summed E-state index contributed by atoms with van der Waals surface area (Å²) >= 11 is 0. The Kier molecular flexibility index (Phi) is 5.40. The van der Waals surface area contributed by atoms with Gasteiger partial charge >= 0.3 is 0 Å². The molecule has 100 valence electrons. The number of hydrogen-bond donors (Lipinski definition) is 2. The van der Waals surface area contributed by atoms with Crippen LogP contribution in [-0.4, -0.2) is 47.2 Å². The molecule has 1 heterocycles. The second kappa shape index (κ2) is 6.36. The Morgan fingerprint density at radius 1 is 1.41 bits per heavy atom. The summed E-state index contributed by atoms with van der Waals surface area (Å²) in [5.74, 6) is 0.328. The van der Waals surface area contributed by atoms with Gasteiger partial charge in [-0.1, -0.05) is 20.8 Å². The molecule has 3 unspecified atom stereocenters. The topological polar surface area (TPSA) is 52.6 Å². The van der Waals surface area contributed by atoms with E-state index in [-0.39, 0.29) is 30.5 Å². The molecule has 2 N–H and O–H groups in total. The van der Waals surface area contributed by atoms with Crippen molar-refractivity contribution in [2.75, 3.05) is 13.2 Å². The largest absolute Gasteiger partial charge is 0.396 e. The third-order valence-electron chi connectivity index (χ3n) is 3.61. The molecule has 3 atom stereocenters. The van der Waals surface area contributed by atoms with Crippen LogP contribution in [0.2, 0.25) is 0 Å². The number of hydrogen-bond acceptors (Lipinski definition) is 3. The summed E-state index contributed by atoms with van der Waals surface area (Å²) in [5.41, 5.74) is 0. The minimum Gasteiger partial charge on any atom is -0.396 e. The van der Waals surface area contributed by atoms with Crippen molar-refractivity contribution < 1.29 is 9.90 Å². The van der Waals surface area contributed by atoms with Crippen LogP contribution in [0.4, 0.5) is 0 Å². The molecule has 1 aliphatic rings. The van der Waals surface area contributed by atoms with Gasteiger partial charge in [-0.15, -0.1) is 0 Å². The molecular weight excluding hydrogens is 216 g/mol. The molecule has 1 saturated heterocycles. The van der Waals surface area contributed by atoms with Crippen molar-refractivity contribution in [1.29, 1.82) is 0 Å². The molecule has 1 amide bonds. The quantitative estimate of drug-likeness (QED) is 0.756. The predicted molar refractivity (Wildman–Crippen MR) is 68.7 cm³/mol. The summed E-state index contributed by atoms with van der Waals surface area (Å²) in [4.78, 5) is 14.2. The highest BCUT2D eigenvalue weighted by atomic mass is 16.3. The van der Waals surface area contributed by atoms with E-state index in [0.717, 1.165) is 19.4 Å². The van der Waals surface area contributed by atoms with Gasteiger partial charge in [-0.05, 0) is 25.7 Å². The normalized spacial score (nSPS) is 25.2. The Bertz CT molecular complexity index is 256. The van der Waals surface area contributed by atoms with Gasteiger partial charge in [-0.25, -0.2) is 0 Å². The van der Waals surface area contributed by atoms with Crippen molar-refractivity contribution >= 4 is 5.91 Å². The van der Waals surface area contributed by atoms with Gasteiger partial charge in [-0.3, -0.25) is 4.79 Å². The molecule has 17 heavy (non-hydrogen) atoms. The number of carbonyl (C=O) groups excluding carboxylic acids is 1. The lowest BCUT2D eigenvalue weighted by molar-refractivity contribution is -0.139. The first-order chi connectivity index (χ1) is 7.97. The van der Waals surface area contributed by atoms with Crippen LogP contribution in [0.5, 0.6) is 0 Å². The van der Waals surface area contributed by atoms with Gasteiger partial charge in [0.05, 0.1) is 6.04 Å². The van der Waals surface area contributed by atoms with Gasteiger partial charge in [-0.2, -0.15) is 0 Å². The molecule has 0 aliphatic carbocycles. The molecule has 4 heteroatoms. The summed E-state index contributed by atoms with van der Waals surface area (Å²) in [6.45, 7) is 9.08. The minimum atomic E-state index is -0.0444. The van der Waals surface area contributed by atoms with Crippen LogP contribution < -0.4 is 5.32 Å². The maximum Gasteiger partial charge on any atom is 0.239 e. The number of aliphatic hydroxyl groups is 1. The van der Waals surface area contributed by atoms with Crippen molar-refractivity contribution in [2.24, 2.45) is 5.92 Å². The van der Waals surface area contributed by atoms with Gasteiger partial charge in [0.1, 0.15) is 0 Å². The van der Waals surface area contributed by atoms with E-state index in [1.807, 2.05) is 18.7 Å². The van der Waals surface area contributed by atoms with Gasteiger partial charge < -0.3 is 15.3 Å². The second-order valence-electron chi connectivity index (χ2n) is 5.45. The number of nitrogens with one attached hydrogen (secondary N) is 1.